The molecule has 0 saturated heterocycles. The minimum atomic E-state index is -0.903. The van der Waals surface area contributed by atoms with Crippen LogP contribution < -0.4 is 5.73 Å². The molecule has 0 aliphatic rings. The molecular weight excluding hydrogens is 192 g/mol. The van der Waals surface area contributed by atoms with Crippen LogP contribution in [0.2, 0.25) is 0 Å². The Kier molecular flexibility index (Phi) is 9.67. The number of halogens is 1. The SMILES string of the molecule is CN(C)CCCCC(N)C(=O)O.Cl. The van der Waals surface area contributed by atoms with E-state index >= 15 is 0 Å². The Balaban J connectivity index is 0. The van der Waals surface area contributed by atoms with Gasteiger partial charge in [0.05, 0.1) is 0 Å². The van der Waals surface area contributed by atoms with Crippen molar-refractivity contribution in [1.82, 2.24) is 4.90 Å². The van der Waals surface area contributed by atoms with E-state index in [2.05, 4.69) is 4.90 Å². The lowest BCUT2D eigenvalue weighted by Gasteiger charge is -2.09. The van der Waals surface area contributed by atoms with Crippen molar-refractivity contribution in [2.75, 3.05) is 20.6 Å². The fourth-order valence-electron chi connectivity index (χ4n) is 0.916. The number of carboxylic acid groups (broad SMARTS) is 1. The first-order valence-corrected chi connectivity index (χ1v) is 4.17. The van der Waals surface area contributed by atoms with Gasteiger partial charge >= 0.3 is 5.97 Å². The molecule has 0 aliphatic carbocycles. The van der Waals surface area contributed by atoms with Crippen molar-refractivity contribution >= 4 is 18.4 Å². The van der Waals surface area contributed by atoms with Crippen molar-refractivity contribution in [2.24, 2.45) is 5.73 Å². The molecule has 1 atom stereocenters. The molecule has 0 aliphatic heterocycles. The molecule has 0 amide bonds. The fraction of sp³-hybridized carbons (Fsp3) is 0.875. The van der Waals surface area contributed by atoms with Crippen LogP contribution >= 0.6 is 12.4 Å². The molecule has 0 heterocycles. The lowest BCUT2D eigenvalue weighted by atomic mass is 10.1. The molecule has 0 spiro atoms. The van der Waals surface area contributed by atoms with Gasteiger partial charge in [0.2, 0.25) is 0 Å². The van der Waals surface area contributed by atoms with Crippen molar-refractivity contribution in [1.29, 1.82) is 0 Å². The molecule has 0 radical (unpaired) electrons. The average Bonchev–Trinajstić information content (AvgIpc) is 1.97. The molecule has 0 rings (SSSR count). The lowest BCUT2D eigenvalue weighted by molar-refractivity contribution is -0.138. The predicted molar refractivity (Wildman–Crippen MR) is 55.3 cm³/mol. The van der Waals surface area contributed by atoms with Gasteiger partial charge in [0, 0.05) is 0 Å². The van der Waals surface area contributed by atoms with Crippen LogP contribution in [0.3, 0.4) is 0 Å². The Labute approximate surface area is 85.5 Å². The molecule has 4 nitrogen and oxygen atoms in total. The molecule has 3 N–H and O–H groups in total. The maximum atomic E-state index is 10.3. The Morgan fingerprint density at radius 2 is 2.00 bits per heavy atom. The zero-order chi connectivity index (χ0) is 9.56. The molecule has 5 heteroatoms. The van der Waals surface area contributed by atoms with Crippen LogP contribution in [0.4, 0.5) is 0 Å². The van der Waals surface area contributed by atoms with Crippen molar-refractivity contribution in [2.45, 2.75) is 25.3 Å². The van der Waals surface area contributed by atoms with Crippen LogP contribution in [0.5, 0.6) is 0 Å². The first-order valence-electron chi connectivity index (χ1n) is 4.17. The van der Waals surface area contributed by atoms with E-state index in [9.17, 15) is 4.79 Å². The van der Waals surface area contributed by atoms with Crippen LogP contribution in [-0.2, 0) is 4.79 Å². The molecule has 0 aromatic rings. The Morgan fingerprint density at radius 3 is 2.38 bits per heavy atom. The summed E-state index contributed by atoms with van der Waals surface area (Å²) >= 11 is 0. The van der Waals surface area contributed by atoms with Crippen molar-refractivity contribution in [3.8, 4) is 0 Å². The molecular formula is C8H19ClN2O2. The van der Waals surface area contributed by atoms with Crippen molar-refractivity contribution < 1.29 is 9.90 Å². The predicted octanol–water partition coefficient (Wildman–Crippen LogP) is 0.552. The van der Waals surface area contributed by atoms with E-state index in [0.717, 1.165) is 19.4 Å². The third-order valence-electron chi connectivity index (χ3n) is 1.69. The minimum Gasteiger partial charge on any atom is -0.480 e. The summed E-state index contributed by atoms with van der Waals surface area (Å²) in [5.41, 5.74) is 5.32. The zero-order valence-corrected chi connectivity index (χ0v) is 9.01. The highest BCUT2D eigenvalue weighted by Gasteiger charge is 2.09. The van der Waals surface area contributed by atoms with Crippen molar-refractivity contribution in [3.05, 3.63) is 0 Å². The number of aliphatic carboxylic acids is 1. The van der Waals surface area contributed by atoms with Gasteiger partial charge in [0.25, 0.3) is 0 Å². The number of nitrogens with zero attached hydrogens (tertiary/aromatic N) is 1. The largest absolute Gasteiger partial charge is 0.480 e. The van der Waals surface area contributed by atoms with Crippen LogP contribution in [0.15, 0.2) is 0 Å². The van der Waals surface area contributed by atoms with Crippen LogP contribution in [0, 0.1) is 0 Å². The molecule has 0 bridgehead atoms. The Hall–Kier alpha value is -0.320. The Bertz CT molecular complexity index is 142. The van der Waals surface area contributed by atoms with Gasteiger partial charge < -0.3 is 15.7 Å². The van der Waals surface area contributed by atoms with Gasteiger partial charge in [-0.15, -0.1) is 12.4 Å². The summed E-state index contributed by atoms with van der Waals surface area (Å²) in [6.45, 7) is 0.992. The minimum absolute atomic E-state index is 0. The van der Waals surface area contributed by atoms with Gasteiger partial charge in [-0.2, -0.15) is 0 Å². The third-order valence-corrected chi connectivity index (χ3v) is 1.69. The Morgan fingerprint density at radius 1 is 1.46 bits per heavy atom. The van der Waals surface area contributed by atoms with E-state index in [1.54, 1.807) is 0 Å². The standard InChI is InChI=1S/C8H18N2O2.ClH/c1-10(2)6-4-3-5-7(9)8(11)12;/h7H,3-6,9H2,1-2H3,(H,11,12);1H. The van der Waals surface area contributed by atoms with Gasteiger partial charge in [0.1, 0.15) is 6.04 Å². The second-order valence-corrected chi connectivity index (χ2v) is 3.24. The summed E-state index contributed by atoms with van der Waals surface area (Å²) in [6, 6.07) is -0.688. The molecule has 80 valence electrons. The van der Waals surface area contributed by atoms with E-state index in [-0.39, 0.29) is 12.4 Å². The van der Waals surface area contributed by atoms with E-state index in [0.29, 0.717) is 6.42 Å². The molecule has 13 heavy (non-hydrogen) atoms. The number of nitrogens with two attached hydrogens (primary N) is 1. The van der Waals surface area contributed by atoms with Crippen LogP contribution in [-0.4, -0.2) is 42.7 Å². The zero-order valence-electron chi connectivity index (χ0n) is 8.19. The number of hydrogen-bond donors (Lipinski definition) is 2. The second kappa shape index (κ2) is 8.29. The van der Waals surface area contributed by atoms with E-state index < -0.39 is 12.0 Å². The molecule has 0 saturated carbocycles. The van der Waals surface area contributed by atoms with E-state index in [4.69, 9.17) is 10.8 Å². The van der Waals surface area contributed by atoms with Gasteiger partial charge in [-0.25, -0.2) is 0 Å². The topological polar surface area (TPSA) is 66.6 Å². The quantitative estimate of drug-likeness (QED) is 0.629. The number of rotatable bonds is 6. The second-order valence-electron chi connectivity index (χ2n) is 3.24. The first-order chi connectivity index (χ1) is 5.54. The lowest BCUT2D eigenvalue weighted by Crippen LogP contribution is -2.30. The third kappa shape index (κ3) is 9.60. The first kappa shape index (κ1) is 15.2. The van der Waals surface area contributed by atoms with Crippen LogP contribution in [0.1, 0.15) is 19.3 Å². The van der Waals surface area contributed by atoms with E-state index in [1.165, 1.54) is 0 Å². The maximum absolute atomic E-state index is 10.3. The van der Waals surface area contributed by atoms with Gasteiger partial charge in [-0.05, 0) is 33.5 Å². The summed E-state index contributed by atoms with van der Waals surface area (Å²) in [4.78, 5) is 12.4. The summed E-state index contributed by atoms with van der Waals surface area (Å²) < 4.78 is 0. The summed E-state index contributed by atoms with van der Waals surface area (Å²) in [5, 5.41) is 8.46. The van der Waals surface area contributed by atoms with Gasteiger partial charge in [-0.1, -0.05) is 6.42 Å². The average molecular weight is 211 g/mol. The summed E-state index contributed by atoms with van der Waals surface area (Å²) in [7, 11) is 3.99. The maximum Gasteiger partial charge on any atom is 0.320 e. The van der Waals surface area contributed by atoms with Crippen LogP contribution in [0.25, 0.3) is 0 Å². The molecule has 0 fully saturated rings. The number of unbranched alkanes of at least 4 members (excludes halogenated alkanes) is 1. The van der Waals surface area contributed by atoms with Gasteiger partial charge in [0.15, 0.2) is 0 Å². The highest BCUT2D eigenvalue weighted by atomic mass is 35.5. The number of hydrogen-bond acceptors (Lipinski definition) is 3. The molecule has 1 unspecified atom stereocenters. The number of carboxylic acids is 1. The normalized spacial score (nSPS) is 12.3. The van der Waals surface area contributed by atoms with Gasteiger partial charge in [-0.3, -0.25) is 4.79 Å². The monoisotopic (exact) mass is 210 g/mol. The molecule has 0 aromatic carbocycles. The summed E-state index contributed by atoms with van der Waals surface area (Å²) in [6.07, 6.45) is 2.46. The highest BCUT2D eigenvalue weighted by Crippen LogP contribution is 1.99. The molecule has 0 aromatic heterocycles. The smallest absolute Gasteiger partial charge is 0.320 e. The summed E-state index contributed by atoms with van der Waals surface area (Å²) in [5.74, 6) is -0.903. The van der Waals surface area contributed by atoms with Crippen molar-refractivity contribution in [3.63, 3.8) is 0 Å². The number of carbonyl (C=O) groups is 1. The van der Waals surface area contributed by atoms with E-state index in [1.807, 2.05) is 14.1 Å². The fourth-order valence-corrected chi connectivity index (χ4v) is 0.916. The highest BCUT2D eigenvalue weighted by molar-refractivity contribution is 5.85.